The Bertz CT molecular complexity index is 637. The minimum absolute atomic E-state index is 0.119. The number of nitrogens with zero attached hydrogens (tertiary/aromatic N) is 1. The van der Waals surface area contributed by atoms with Crippen LogP contribution in [0.4, 0.5) is 0 Å². The Hall–Kier alpha value is -1.39. The summed E-state index contributed by atoms with van der Waals surface area (Å²) in [5.74, 6) is 3.61. The highest BCUT2D eigenvalue weighted by atomic mass is 16.3. The molecule has 0 atom stereocenters. The van der Waals surface area contributed by atoms with Gasteiger partial charge in [-0.05, 0) is 43.1 Å². The highest BCUT2D eigenvalue weighted by molar-refractivity contribution is 5.79. The van der Waals surface area contributed by atoms with Crippen LogP contribution in [0.1, 0.15) is 37.7 Å². The van der Waals surface area contributed by atoms with Crippen LogP contribution in [0.25, 0.3) is 0 Å². The summed E-state index contributed by atoms with van der Waals surface area (Å²) in [4.78, 5) is 14.8. The van der Waals surface area contributed by atoms with Gasteiger partial charge in [-0.1, -0.05) is 30.3 Å². The normalized spacial score (nSPS) is 38.2. The maximum atomic E-state index is 13.0. The highest BCUT2D eigenvalue weighted by Gasteiger charge is 2.61. The summed E-state index contributed by atoms with van der Waals surface area (Å²) in [7, 11) is 0. The van der Waals surface area contributed by atoms with Crippen molar-refractivity contribution in [1.82, 2.24) is 4.90 Å². The van der Waals surface area contributed by atoms with Crippen LogP contribution in [-0.2, 0) is 10.2 Å². The first-order chi connectivity index (χ1) is 12.1. The number of carbonyl (C=O) groups excluding carboxylic acids is 1. The predicted molar refractivity (Wildman–Crippen MR) is 93.3 cm³/mol. The van der Waals surface area contributed by atoms with Gasteiger partial charge in [-0.15, -0.1) is 0 Å². The summed E-state index contributed by atoms with van der Waals surface area (Å²) in [6, 6.07) is 10.6. The van der Waals surface area contributed by atoms with Crippen molar-refractivity contribution in [3.05, 3.63) is 47.7 Å². The van der Waals surface area contributed by atoms with E-state index in [1.165, 1.54) is 17.4 Å². The van der Waals surface area contributed by atoms with Crippen LogP contribution in [0, 0.1) is 23.7 Å². The second-order valence-electron chi connectivity index (χ2n) is 8.47. The lowest BCUT2D eigenvalue weighted by Crippen LogP contribution is -2.61. The van der Waals surface area contributed by atoms with Gasteiger partial charge in [0.05, 0.1) is 12.2 Å². The predicted octanol–water partition coefficient (Wildman–Crippen LogP) is 1.86. The molecule has 1 aromatic carbocycles. The zero-order chi connectivity index (χ0) is 17.2. The third kappa shape index (κ3) is 2.23. The summed E-state index contributed by atoms with van der Waals surface area (Å²) >= 11 is 0. The van der Waals surface area contributed by atoms with E-state index < -0.39 is 0 Å². The topological polar surface area (TPSA) is 60.8 Å². The van der Waals surface area contributed by atoms with Crippen LogP contribution < -0.4 is 0 Å². The quantitative estimate of drug-likeness (QED) is 0.884. The molecule has 1 heterocycles. The minimum atomic E-state index is -0.351. The Kier molecular flexibility index (Phi) is 3.52. The fourth-order valence-corrected chi connectivity index (χ4v) is 6.01. The Morgan fingerprint density at radius 2 is 1.56 bits per heavy atom. The highest BCUT2D eigenvalue weighted by Crippen LogP contribution is 2.65. The van der Waals surface area contributed by atoms with Crippen molar-refractivity contribution >= 4 is 5.91 Å². The monoisotopic (exact) mass is 339 g/mol. The van der Waals surface area contributed by atoms with Gasteiger partial charge in [0.15, 0.2) is 0 Å². The van der Waals surface area contributed by atoms with Crippen LogP contribution in [0.5, 0.6) is 0 Å². The van der Waals surface area contributed by atoms with Gasteiger partial charge < -0.3 is 15.1 Å². The molecule has 0 spiro atoms. The molecule has 4 bridgehead atoms. The van der Waals surface area contributed by atoms with Crippen LogP contribution in [0.2, 0.25) is 0 Å². The lowest BCUT2D eigenvalue weighted by Gasteiger charge is -2.62. The standard InChI is InChI=1S/C21H25NO3/c23-18-11-22(12-18)19(24)10-21(15-4-2-1-3-5-15)16-6-13-7-17(21)9-14(8-16)20(13)25/h1-5,16-18,20,23,25H,6-12H2. The number of hydrogen-bond donors (Lipinski definition) is 2. The molecule has 1 aromatic rings. The summed E-state index contributed by atoms with van der Waals surface area (Å²) in [5, 5.41) is 20.0. The van der Waals surface area contributed by atoms with E-state index in [-0.39, 0.29) is 23.5 Å². The summed E-state index contributed by atoms with van der Waals surface area (Å²) in [5.41, 5.74) is 1.17. The first-order valence-corrected chi connectivity index (χ1v) is 9.46. The van der Waals surface area contributed by atoms with E-state index in [1.807, 2.05) is 6.07 Å². The van der Waals surface area contributed by atoms with E-state index in [0.717, 1.165) is 25.7 Å². The molecular weight excluding hydrogens is 314 g/mol. The molecule has 2 N–H and O–H groups in total. The van der Waals surface area contributed by atoms with Gasteiger partial charge in [0.25, 0.3) is 0 Å². The van der Waals surface area contributed by atoms with Crippen LogP contribution in [0.3, 0.4) is 0 Å². The number of likely N-dealkylation sites (tertiary alicyclic amines) is 1. The van der Waals surface area contributed by atoms with Gasteiger partial charge in [0.2, 0.25) is 5.91 Å². The number of aliphatic hydroxyl groups is 2. The Labute approximate surface area is 148 Å². The summed E-state index contributed by atoms with van der Waals surface area (Å²) in [6.07, 6.45) is 3.70. The van der Waals surface area contributed by atoms with Gasteiger partial charge >= 0.3 is 0 Å². The summed E-state index contributed by atoms with van der Waals surface area (Å²) in [6.45, 7) is 0.957. The number of aliphatic hydroxyl groups excluding tert-OH is 2. The van der Waals surface area contributed by atoms with E-state index in [1.54, 1.807) is 4.90 Å². The van der Waals surface area contributed by atoms with E-state index in [4.69, 9.17) is 0 Å². The molecule has 6 rings (SSSR count). The number of β-amino-alcohol motifs (C(OH)–C–C–N with tert-alkyl or cyclic N) is 1. The molecular formula is C21H25NO3. The molecule has 4 nitrogen and oxygen atoms in total. The third-order valence-corrected chi connectivity index (χ3v) is 7.23. The minimum Gasteiger partial charge on any atom is -0.392 e. The number of benzene rings is 1. The molecule has 0 unspecified atom stereocenters. The van der Waals surface area contributed by atoms with Gasteiger partial charge in [0.1, 0.15) is 0 Å². The average molecular weight is 339 g/mol. The zero-order valence-corrected chi connectivity index (χ0v) is 14.4. The Morgan fingerprint density at radius 3 is 2.08 bits per heavy atom. The van der Waals surface area contributed by atoms with Gasteiger partial charge in [0, 0.05) is 36.8 Å². The van der Waals surface area contributed by atoms with Gasteiger partial charge in [-0.2, -0.15) is 0 Å². The average Bonchev–Trinajstić information content (AvgIpc) is 2.58. The molecule has 1 saturated heterocycles. The molecule has 4 aliphatic carbocycles. The van der Waals surface area contributed by atoms with Crippen molar-refractivity contribution in [3.8, 4) is 0 Å². The number of rotatable bonds is 3. The lowest BCUT2D eigenvalue weighted by atomic mass is 9.42. The largest absolute Gasteiger partial charge is 0.392 e. The molecule has 1 amide bonds. The molecule has 4 saturated carbocycles. The van der Waals surface area contributed by atoms with Crippen molar-refractivity contribution in [2.75, 3.05) is 13.1 Å². The van der Waals surface area contributed by atoms with Gasteiger partial charge in [-0.3, -0.25) is 4.79 Å². The number of hydrogen-bond acceptors (Lipinski definition) is 3. The third-order valence-electron chi connectivity index (χ3n) is 7.23. The number of amides is 1. The van der Waals surface area contributed by atoms with E-state index in [2.05, 4.69) is 24.3 Å². The first kappa shape index (κ1) is 15.8. The molecule has 5 fully saturated rings. The smallest absolute Gasteiger partial charge is 0.223 e. The number of carbonyl (C=O) groups is 1. The van der Waals surface area contributed by atoms with Crippen LogP contribution >= 0.6 is 0 Å². The molecule has 5 aliphatic rings. The maximum absolute atomic E-state index is 13.0. The summed E-state index contributed by atoms with van der Waals surface area (Å²) < 4.78 is 0. The van der Waals surface area contributed by atoms with Gasteiger partial charge in [-0.25, -0.2) is 0 Å². The second-order valence-corrected chi connectivity index (χ2v) is 8.47. The van der Waals surface area contributed by atoms with Crippen molar-refractivity contribution in [3.63, 3.8) is 0 Å². The fraction of sp³-hybridized carbons (Fsp3) is 0.571. The fourth-order valence-electron chi connectivity index (χ4n) is 6.01. The SMILES string of the molecule is O=C(CC1(c2ccccc2)C2C[C]3CC1C[C](C2)C3O)N1CC(O)C1. The van der Waals surface area contributed by atoms with E-state index in [9.17, 15) is 15.0 Å². The van der Waals surface area contributed by atoms with Crippen molar-refractivity contribution < 1.29 is 15.0 Å². The molecule has 25 heavy (non-hydrogen) atoms. The zero-order valence-electron chi connectivity index (χ0n) is 14.4. The van der Waals surface area contributed by atoms with Crippen molar-refractivity contribution in [2.24, 2.45) is 11.8 Å². The van der Waals surface area contributed by atoms with Crippen LogP contribution in [0.15, 0.2) is 30.3 Å². The molecule has 0 aromatic heterocycles. The molecule has 4 heteroatoms. The Balaban J connectivity index is 1.51. The molecule has 1 aliphatic heterocycles. The Morgan fingerprint density at radius 1 is 1.00 bits per heavy atom. The molecule has 2 radical (unpaired) electrons. The van der Waals surface area contributed by atoms with Crippen molar-refractivity contribution in [1.29, 1.82) is 0 Å². The van der Waals surface area contributed by atoms with Crippen molar-refractivity contribution in [2.45, 2.75) is 49.7 Å². The first-order valence-electron chi connectivity index (χ1n) is 9.46. The molecule has 132 valence electrons. The van der Waals surface area contributed by atoms with E-state index in [0.29, 0.717) is 31.3 Å². The second kappa shape index (κ2) is 5.55. The lowest BCUT2D eigenvalue weighted by molar-refractivity contribution is -0.146. The van der Waals surface area contributed by atoms with Crippen LogP contribution in [-0.4, -0.2) is 46.3 Å². The maximum Gasteiger partial charge on any atom is 0.223 e. The van der Waals surface area contributed by atoms with E-state index >= 15 is 0 Å².